The van der Waals surface area contributed by atoms with E-state index in [1.165, 1.54) is 0 Å². The molecule has 16 heavy (non-hydrogen) atoms. The molecule has 0 fully saturated rings. The van der Waals surface area contributed by atoms with E-state index in [0.717, 1.165) is 24.6 Å². The van der Waals surface area contributed by atoms with Crippen molar-refractivity contribution in [3.8, 4) is 0 Å². The number of rotatable bonds is 9. The zero-order valence-electron chi connectivity index (χ0n) is 11.1. The normalized spacial score (nSPS) is 14.1. The van der Waals surface area contributed by atoms with Gasteiger partial charge in [-0.1, -0.05) is 0 Å². The summed E-state index contributed by atoms with van der Waals surface area (Å²) >= 11 is 3.72. The smallest absolute Gasteiger partial charge is 0.0759 e. The molecule has 0 aliphatic rings. The summed E-state index contributed by atoms with van der Waals surface area (Å²) in [5.74, 6) is 2.16. The molecule has 0 radical (unpaired) electrons. The molecule has 0 aliphatic heterocycles. The molecule has 0 heterocycles. The minimum atomic E-state index is -0.237. The van der Waals surface area contributed by atoms with Crippen LogP contribution in [0.3, 0.4) is 0 Å². The van der Waals surface area contributed by atoms with Gasteiger partial charge in [-0.25, -0.2) is 0 Å². The van der Waals surface area contributed by atoms with Crippen molar-refractivity contribution in [3.05, 3.63) is 0 Å². The third kappa shape index (κ3) is 9.78. The molecule has 1 atom stereocenters. The van der Waals surface area contributed by atoms with E-state index in [2.05, 4.69) is 38.0 Å². The van der Waals surface area contributed by atoms with Crippen LogP contribution < -0.4 is 0 Å². The van der Waals surface area contributed by atoms with Crippen molar-refractivity contribution in [2.75, 3.05) is 52.8 Å². The van der Waals surface area contributed by atoms with Gasteiger partial charge in [-0.05, 0) is 35.1 Å². The molecule has 0 saturated heterocycles. The van der Waals surface area contributed by atoms with Crippen LogP contribution in [0.25, 0.3) is 0 Å². The van der Waals surface area contributed by atoms with E-state index in [4.69, 9.17) is 0 Å². The minimum Gasteiger partial charge on any atom is -0.391 e. The number of aliphatic hydroxyl groups excluding tert-OH is 1. The highest BCUT2D eigenvalue weighted by Gasteiger charge is 2.15. The van der Waals surface area contributed by atoms with Crippen LogP contribution in [0, 0.1) is 0 Å². The van der Waals surface area contributed by atoms with E-state index in [1.54, 1.807) is 0 Å². The molecule has 5 heteroatoms. The highest BCUT2D eigenvalue weighted by Crippen LogP contribution is 2.26. The van der Waals surface area contributed by atoms with Gasteiger partial charge in [0.25, 0.3) is 0 Å². The Balaban J connectivity index is 3.71. The Hall–Kier alpha value is 0.580. The molecule has 0 bridgehead atoms. The predicted molar refractivity (Wildman–Crippen MR) is 77.5 cm³/mol. The van der Waals surface area contributed by atoms with Crippen molar-refractivity contribution >= 4 is 23.5 Å². The summed E-state index contributed by atoms with van der Waals surface area (Å²) in [7, 11) is 8.32. The topological polar surface area (TPSA) is 26.7 Å². The summed E-state index contributed by atoms with van der Waals surface area (Å²) in [6, 6.07) is 0. The maximum absolute atomic E-state index is 9.67. The second-order valence-electron chi connectivity index (χ2n) is 4.46. The Kier molecular flexibility index (Phi) is 9.94. The lowest BCUT2D eigenvalue weighted by Crippen LogP contribution is -2.22. The summed E-state index contributed by atoms with van der Waals surface area (Å²) in [4.78, 5) is 4.35. The molecule has 3 nitrogen and oxygen atoms in total. The summed E-state index contributed by atoms with van der Waals surface area (Å²) in [5, 5.41) is 9.67. The van der Waals surface area contributed by atoms with Crippen LogP contribution >= 0.6 is 23.5 Å². The van der Waals surface area contributed by atoms with Crippen LogP contribution in [0.15, 0.2) is 0 Å². The third-order valence-corrected chi connectivity index (χ3v) is 5.13. The SMILES string of the molecule is CC(O)C(SCCN(C)C)SCCN(C)C. The first kappa shape index (κ1) is 16.6. The first-order valence-electron chi connectivity index (χ1n) is 5.64. The van der Waals surface area contributed by atoms with Crippen molar-refractivity contribution in [2.24, 2.45) is 0 Å². The zero-order chi connectivity index (χ0) is 12.6. The van der Waals surface area contributed by atoms with Gasteiger partial charge in [-0.2, -0.15) is 0 Å². The fraction of sp³-hybridized carbons (Fsp3) is 1.00. The average Bonchev–Trinajstić information content (AvgIpc) is 2.14. The molecule has 0 rings (SSSR count). The zero-order valence-corrected chi connectivity index (χ0v) is 12.8. The monoisotopic (exact) mass is 266 g/mol. The molecular weight excluding hydrogens is 240 g/mol. The van der Waals surface area contributed by atoms with E-state index < -0.39 is 0 Å². The van der Waals surface area contributed by atoms with E-state index >= 15 is 0 Å². The van der Waals surface area contributed by atoms with Crippen molar-refractivity contribution < 1.29 is 5.11 Å². The Bertz CT molecular complexity index is 152. The number of thioether (sulfide) groups is 2. The lowest BCUT2D eigenvalue weighted by molar-refractivity contribution is 0.212. The third-order valence-electron chi connectivity index (χ3n) is 2.04. The van der Waals surface area contributed by atoms with Crippen LogP contribution in [-0.4, -0.2) is 78.4 Å². The van der Waals surface area contributed by atoms with E-state index in [0.29, 0.717) is 4.58 Å². The predicted octanol–water partition coefficient (Wildman–Crippen LogP) is 1.28. The molecule has 0 spiro atoms. The van der Waals surface area contributed by atoms with Crippen LogP contribution in [-0.2, 0) is 0 Å². The van der Waals surface area contributed by atoms with E-state index in [1.807, 2.05) is 30.4 Å². The van der Waals surface area contributed by atoms with Gasteiger partial charge in [0.2, 0.25) is 0 Å². The molecule has 1 unspecified atom stereocenters. The Morgan fingerprint density at radius 2 is 1.31 bits per heavy atom. The molecule has 0 saturated carbocycles. The molecule has 0 aromatic heterocycles. The van der Waals surface area contributed by atoms with Gasteiger partial charge in [0.15, 0.2) is 0 Å². The summed E-state index contributed by atoms with van der Waals surface area (Å²) in [6.45, 7) is 4.03. The quantitative estimate of drug-likeness (QED) is 0.635. The summed E-state index contributed by atoms with van der Waals surface area (Å²) in [6.07, 6.45) is -0.237. The lowest BCUT2D eigenvalue weighted by atomic mass is 10.5. The highest BCUT2D eigenvalue weighted by molar-refractivity contribution is 8.17. The van der Waals surface area contributed by atoms with E-state index in [-0.39, 0.29) is 6.10 Å². The number of aliphatic hydroxyl groups is 1. The van der Waals surface area contributed by atoms with Gasteiger partial charge in [-0.3, -0.25) is 0 Å². The number of nitrogens with zero attached hydrogens (tertiary/aromatic N) is 2. The standard InChI is InChI=1S/C11H26N2OS2/c1-10(14)11(15-8-6-12(2)3)16-9-7-13(4)5/h10-11,14H,6-9H2,1-5H3. The summed E-state index contributed by atoms with van der Waals surface area (Å²) < 4.78 is 0.305. The molecule has 98 valence electrons. The van der Waals surface area contributed by atoms with Crippen LogP contribution in [0.2, 0.25) is 0 Å². The van der Waals surface area contributed by atoms with Crippen molar-refractivity contribution in [1.29, 1.82) is 0 Å². The van der Waals surface area contributed by atoms with E-state index in [9.17, 15) is 5.11 Å². The van der Waals surface area contributed by atoms with Gasteiger partial charge in [-0.15, -0.1) is 23.5 Å². The Morgan fingerprint density at radius 1 is 0.938 bits per heavy atom. The molecule has 1 N–H and O–H groups in total. The molecule has 0 amide bonds. The first-order valence-corrected chi connectivity index (χ1v) is 7.74. The lowest BCUT2D eigenvalue weighted by Gasteiger charge is -2.21. The van der Waals surface area contributed by atoms with Crippen molar-refractivity contribution in [1.82, 2.24) is 9.80 Å². The van der Waals surface area contributed by atoms with Gasteiger partial charge >= 0.3 is 0 Å². The minimum absolute atomic E-state index is 0.237. The molecular formula is C11H26N2OS2. The fourth-order valence-electron chi connectivity index (χ4n) is 1.03. The largest absolute Gasteiger partial charge is 0.391 e. The number of hydrogen-bond donors (Lipinski definition) is 1. The highest BCUT2D eigenvalue weighted by atomic mass is 32.2. The Labute approximate surface area is 109 Å². The molecule has 0 aromatic rings. The number of hydrogen-bond acceptors (Lipinski definition) is 5. The van der Waals surface area contributed by atoms with Gasteiger partial charge < -0.3 is 14.9 Å². The second kappa shape index (κ2) is 9.59. The van der Waals surface area contributed by atoms with Gasteiger partial charge in [0, 0.05) is 24.6 Å². The van der Waals surface area contributed by atoms with Gasteiger partial charge in [0.05, 0.1) is 10.7 Å². The Morgan fingerprint density at radius 3 is 1.56 bits per heavy atom. The maximum atomic E-state index is 9.67. The molecule has 0 aliphatic carbocycles. The van der Waals surface area contributed by atoms with Gasteiger partial charge in [0.1, 0.15) is 0 Å². The van der Waals surface area contributed by atoms with Crippen LogP contribution in [0.5, 0.6) is 0 Å². The van der Waals surface area contributed by atoms with Crippen molar-refractivity contribution in [2.45, 2.75) is 17.6 Å². The summed E-state index contributed by atoms with van der Waals surface area (Å²) in [5.41, 5.74) is 0. The maximum Gasteiger partial charge on any atom is 0.0759 e. The van der Waals surface area contributed by atoms with Crippen molar-refractivity contribution in [3.63, 3.8) is 0 Å². The van der Waals surface area contributed by atoms with Crippen LogP contribution in [0.4, 0.5) is 0 Å². The second-order valence-corrected chi connectivity index (χ2v) is 7.25. The molecule has 0 aromatic carbocycles. The first-order chi connectivity index (χ1) is 7.43. The fourth-order valence-corrected chi connectivity index (χ4v) is 3.95. The average molecular weight is 266 g/mol. The van der Waals surface area contributed by atoms with Crippen LogP contribution in [0.1, 0.15) is 6.92 Å².